The van der Waals surface area contributed by atoms with Gasteiger partial charge in [0.15, 0.2) is 5.96 Å². The molecular weight excluding hydrogens is 461 g/mol. The zero-order valence-electron chi connectivity index (χ0n) is 16.2. The van der Waals surface area contributed by atoms with Gasteiger partial charge >= 0.3 is 0 Å². The van der Waals surface area contributed by atoms with Crippen LogP contribution in [0.25, 0.3) is 10.8 Å². The van der Waals surface area contributed by atoms with Crippen molar-refractivity contribution >= 4 is 41.3 Å². The Hall–Kier alpha value is -1.13. The van der Waals surface area contributed by atoms with Crippen LogP contribution in [-0.4, -0.2) is 48.1 Å². The molecule has 146 valence electrons. The topological polar surface area (TPSA) is 65.7 Å². The Kier molecular flexibility index (Phi) is 10.2. The molecule has 0 aliphatic carbocycles. The lowest BCUT2D eigenvalue weighted by Crippen LogP contribution is -2.45. The number of guanidine groups is 1. The minimum Gasteiger partial charge on any atom is -0.443 e. The van der Waals surface area contributed by atoms with Gasteiger partial charge < -0.3 is 15.1 Å². The summed E-state index contributed by atoms with van der Waals surface area (Å²) in [7, 11) is 1.78. The van der Waals surface area contributed by atoms with E-state index in [9.17, 15) is 0 Å². The van der Waals surface area contributed by atoms with Crippen LogP contribution in [0.15, 0.2) is 33.2 Å². The van der Waals surface area contributed by atoms with Crippen molar-refractivity contribution < 1.29 is 4.42 Å². The lowest BCUT2D eigenvalue weighted by atomic mass is 10.2. The van der Waals surface area contributed by atoms with Crippen LogP contribution >= 0.6 is 35.3 Å². The molecule has 0 aromatic carbocycles. The molecule has 2 aromatic heterocycles. The first-order valence-electron chi connectivity index (χ1n) is 8.69. The molecule has 8 heteroatoms. The Morgan fingerprint density at radius 1 is 1.27 bits per heavy atom. The van der Waals surface area contributed by atoms with Gasteiger partial charge in [-0.05, 0) is 39.1 Å². The Bertz CT molecular complexity index is 646. The Morgan fingerprint density at radius 3 is 2.58 bits per heavy atom. The summed E-state index contributed by atoms with van der Waals surface area (Å²) in [6, 6.07) is 5.06. The largest absolute Gasteiger partial charge is 0.443 e. The summed E-state index contributed by atoms with van der Waals surface area (Å²) in [6.07, 6.45) is 1.69. The fraction of sp³-hybridized carbons (Fsp3) is 0.556. The van der Waals surface area contributed by atoms with Gasteiger partial charge in [0.05, 0.1) is 17.1 Å². The van der Waals surface area contributed by atoms with E-state index in [1.54, 1.807) is 24.6 Å². The first-order valence-corrected chi connectivity index (χ1v) is 9.57. The van der Waals surface area contributed by atoms with E-state index in [2.05, 4.69) is 53.2 Å². The molecule has 0 saturated carbocycles. The van der Waals surface area contributed by atoms with Crippen molar-refractivity contribution in [3.63, 3.8) is 0 Å². The average molecular weight is 491 g/mol. The number of thiophene rings is 1. The smallest absolute Gasteiger partial charge is 0.236 e. The zero-order chi connectivity index (χ0) is 18.2. The van der Waals surface area contributed by atoms with Crippen LogP contribution in [-0.2, 0) is 6.54 Å². The second-order valence-electron chi connectivity index (χ2n) is 6.40. The van der Waals surface area contributed by atoms with Crippen LogP contribution in [0.3, 0.4) is 0 Å². The molecule has 0 aliphatic rings. The molecule has 2 heterocycles. The highest BCUT2D eigenvalue weighted by molar-refractivity contribution is 14.0. The highest BCUT2D eigenvalue weighted by Gasteiger charge is 2.13. The lowest BCUT2D eigenvalue weighted by molar-refractivity contribution is 0.178. The van der Waals surface area contributed by atoms with Crippen molar-refractivity contribution in [2.45, 2.75) is 46.3 Å². The lowest BCUT2D eigenvalue weighted by Gasteiger charge is -2.30. The van der Waals surface area contributed by atoms with Gasteiger partial charge in [-0.15, -0.1) is 35.3 Å². The number of aliphatic imine (C=N–C) groups is 1. The van der Waals surface area contributed by atoms with Gasteiger partial charge in [0.1, 0.15) is 6.26 Å². The molecule has 0 spiro atoms. The predicted octanol–water partition coefficient (Wildman–Crippen LogP) is 3.80. The van der Waals surface area contributed by atoms with Crippen molar-refractivity contribution in [2.24, 2.45) is 4.99 Å². The van der Waals surface area contributed by atoms with Gasteiger partial charge in [-0.3, -0.25) is 9.89 Å². The maximum Gasteiger partial charge on any atom is 0.236 e. The van der Waals surface area contributed by atoms with Crippen LogP contribution in [0.2, 0.25) is 0 Å². The minimum atomic E-state index is 0. The molecule has 26 heavy (non-hydrogen) atoms. The minimum absolute atomic E-state index is 0. The summed E-state index contributed by atoms with van der Waals surface area (Å²) in [5, 5.41) is 8.65. The van der Waals surface area contributed by atoms with Crippen LogP contribution in [0.5, 0.6) is 0 Å². The van der Waals surface area contributed by atoms with Crippen molar-refractivity contribution in [1.29, 1.82) is 0 Å². The normalized spacial score (nSPS) is 11.9. The Morgan fingerprint density at radius 2 is 2.00 bits per heavy atom. The van der Waals surface area contributed by atoms with Crippen LogP contribution < -0.4 is 10.6 Å². The highest BCUT2D eigenvalue weighted by atomic mass is 127. The van der Waals surface area contributed by atoms with Crippen molar-refractivity contribution in [1.82, 2.24) is 20.5 Å². The second-order valence-corrected chi connectivity index (χ2v) is 7.35. The fourth-order valence-corrected chi connectivity index (χ4v) is 3.37. The van der Waals surface area contributed by atoms with Crippen molar-refractivity contribution in [3.05, 3.63) is 29.5 Å². The van der Waals surface area contributed by atoms with Crippen LogP contribution in [0.4, 0.5) is 0 Å². The van der Waals surface area contributed by atoms with Gasteiger partial charge in [-0.25, -0.2) is 4.98 Å². The van der Waals surface area contributed by atoms with E-state index in [0.717, 1.165) is 29.6 Å². The van der Waals surface area contributed by atoms with E-state index < -0.39 is 0 Å². The number of rotatable bonds is 8. The molecule has 0 atom stereocenters. The summed E-state index contributed by atoms with van der Waals surface area (Å²) in [5.41, 5.74) is 0.859. The standard InChI is InChI=1S/C18H29N5OS.HI/c1-13(2)23(14(3)4)9-8-20-18(19-5)21-11-15-12-24-17(22-15)16-7-6-10-25-16;/h6-7,10,12-14H,8-9,11H2,1-5H3,(H2,19,20,21);1H. The fourth-order valence-electron chi connectivity index (χ4n) is 2.71. The molecular formula is C18H30IN5OS. The molecule has 0 unspecified atom stereocenters. The van der Waals surface area contributed by atoms with Gasteiger partial charge in [0.2, 0.25) is 5.89 Å². The third-order valence-corrected chi connectivity index (χ3v) is 4.79. The molecule has 0 fully saturated rings. The summed E-state index contributed by atoms with van der Waals surface area (Å²) in [5.74, 6) is 1.44. The first kappa shape index (κ1) is 22.9. The molecule has 2 N–H and O–H groups in total. The van der Waals surface area contributed by atoms with Gasteiger partial charge in [-0.2, -0.15) is 0 Å². The summed E-state index contributed by atoms with van der Waals surface area (Å²) in [4.78, 5) is 12.3. The Balaban J connectivity index is 0.00000338. The van der Waals surface area contributed by atoms with E-state index in [-0.39, 0.29) is 24.0 Å². The molecule has 0 saturated heterocycles. The van der Waals surface area contributed by atoms with E-state index in [0.29, 0.717) is 24.5 Å². The number of hydrogen-bond donors (Lipinski definition) is 2. The van der Waals surface area contributed by atoms with Crippen molar-refractivity contribution in [3.8, 4) is 10.8 Å². The third-order valence-electron chi connectivity index (χ3n) is 3.93. The number of aromatic nitrogens is 1. The monoisotopic (exact) mass is 491 g/mol. The van der Waals surface area contributed by atoms with Crippen molar-refractivity contribution in [2.75, 3.05) is 20.1 Å². The number of hydrogen-bond acceptors (Lipinski definition) is 5. The van der Waals surface area contributed by atoms with E-state index in [1.807, 2.05) is 17.5 Å². The number of oxazole rings is 1. The van der Waals surface area contributed by atoms with Gasteiger partial charge in [0, 0.05) is 32.2 Å². The quantitative estimate of drug-likeness (QED) is 0.334. The van der Waals surface area contributed by atoms with Crippen LogP contribution in [0, 0.1) is 0 Å². The average Bonchev–Trinajstić information content (AvgIpc) is 3.24. The molecule has 0 radical (unpaired) electrons. The number of nitrogens with one attached hydrogen (secondary N) is 2. The van der Waals surface area contributed by atoms with Gasteiger partial charge in [-0.1, -0.05) is 6.07 Å². The number of halogens is 1. The molecule has 0 amide bonds. The molecule has 2 aromatic rings. The molecule has 2 rings (SSSR count). The van der Waals surface area contributed by atoms with E-state index in [1.165, 1.54) is 0 Å². The van der Waals surface area contributed by atoms with Gasteiger partial charge in [0.25, 0.3) is 0 Å². The Labute approximate surface area is 177 Å². The first-order chi connectivity index (χ1) is 12.0. The van der Waals surface area contributed by atoms with Crippen LogP contribution in [0.1, 0.15) is 33.4 Å². The third kappa shape index (κ3) is 6.88. The summed E-state index contributed by atoms with van der Waals surface area (Å²) in [6.45, 7) is 11.3. The molecule has 0 bridgehead atoms. The zero-order valence-corrected chi connectivity index (χ0v) is 19.3. The van der Waals surface area contributed by atoms with E-state index in [4.69, 9.17) is 4.42 Å². The second kappa shape index (κ2) is 11.6. The maximum atomic E-state index is 5.53. The summed E-state index contributed by atoms with van der Waals surface area (Å²) < 4.78 is 5.53. The molecule has 0 aliphatic heterocycles. The SMILES string of the molecule is CN=C(NCCN(C(C)C)C(C)C)NCc1coc(-c2cccs2)n1.I. The predicted molar refractivity (Wildman–Crippen MR) is 120 cm³/mol. The molecule has 6 nitrogen and oxygen atoms in total. The highest BCUT2D eigenvalue weighted by Crippen LogP contribution is 2.23. The maximum absolute atomic E-state index is 5.53. The van der Waals surface area contributed by atoms with E-state index >= 15 is 0 Å². The summed E-state index contributed by atoms with van der Waals surface area (Å²) >= 11 is 1.62. The number of nitrogens with zero attached hydrogens (tertiary/aromatic N) is 3.